The molecule has 0 saturated carbocycles. The summed E-state index contributed by atoms with van der Waals surface area (Å²) in [4.78, 5) is 38.5. The van der Waals surface area contributed by atoms with Crippen molar-refractivity contribution in [2.45, 2.75) is 43.0 Å². The van der Waals surface area contributed by atoms with Crippen LogP contribution in [0.1, 0.15) is 30.0 Å². The Morgan fingerprint density at radius 2 is 2.10 bits per heavy atom. The number of aryl methyl sites for hydroxylation is 1. The summed E-state index contributed by atoms with van der Waals surface area (Å²) in [6.45, 7) is 5.17. The monoisotopic (exact) mass is 435 g/mol. The smallest absolute Gasteiger partial charge is 0.327 e. The molecule has 10 heteroatoms. The molecule has 8 nitrogen and oxygen atoms in total. The number of carbonyl (C=O) groups is 3. The zero-order valence-electron chi connectivity index (χ0n) is 15.8. The lowest BCUT2D eigenvalue weighted by Crippen LogP contribution is -2.70. The average Bonchev–Trinajstić information content (AvgIpc) is 3.15. The van der Waals surface area contributed by atoms with E-state index in [1.165, 1.54) is 16.7 Å². The Kier molecular flexibility index (Phi) is 4.62. The molecule has 1 aromatic heterocycles. The number of nitrogens with one attached hydrogen (secondary N) is 1. The highest BCUT2D eigenvalue weighted by molar-refractivity contribution is 8.01. The fraction of sp³-hybridized carbons (Fsp3) is 0.368. The number of rotatable bonds is 4. The van der Waals surface area contributed by atoms with Gasteiger partial charge in [-0.3, -0.25) is 9.59 Å². The second kappa shape index (κ2) is 6.77. The Morgan fingerprint density at radius 1 is 1.38 bits per heavy atom. The van der Waals surface area contributed by atoms with Crippen molar-refractivity contribution in [3.05, 3.63) is 40.6 Å². The summed E-state index contributed by atoms with van der Waals surface area (Å²) in [5.41, 5.74) is 1.16. The number of nitrogens with zero attached hydrogens (tertiary/aromatic N) is 2. The molecule has 1 aromatic carbocycles. The first-order valence-electron chi connectivity index (χ1n) is 8.87. The van der Waals surface area contributed by atoms with Gasteiger partial charge in [0.05, 0.1) is 0 Å². The second-order valence-corrected chi connectivity index (χ2v) is 9.73. The Balaban J connectivity index is 1.59. The molecule has 2 aromatic rings. The fourth-order valence-electron chi connectivity index (χ4n) is 3.83. The van der Waals surface area contributed by atoms with Crippen LogP contribution in [0.3, 0.4) is 0 Å². The Hall–Kier alpha value is -2.52. The van der Waals surface area contributed by atoms with Gasteiger partial charge in [0.15, 0.2) is 0 Å². The lowest BCUT2D eigenvalue weighted by Gasteiger charge is -2.43. The van der Waals surface area contributed by atoms with Crippen LogP contribution in [0.2, 0.25) is 5.02 Å². The van der Waals surface area contributed by atoms with E-state index < -0.39 is 40.0 Å². The van der Waals surface area contributed by atoms with Crippen molar-refractivity contribution in [2.24, 2.45) is 0 Å². The molecule has 0 unspecified atom stereocenters. The third-order valence-electron chi connectivity index (χ3n) is 5.15. The highest BCUT2D eigenvalue weighted by Gasteiger charge is 2.64. The number of aromatic nitrogens is 1. The van der Waals surface area contributed by atoms with Crippen LogP contribution in [0.5, 0.6) is 0 Å². The van der Waals surface area contributed by atoms with Gasteiger partial charge < -0.3 is 19.8 Å². The molecule has 0 radical (unpaired) electrons. The Bertz CT molecular complexity index is 1040. The molecule has 2 N–H and O–H groups in total. The highest BCUT2D eigenvalue weighted by Crippen LogP contribution is 2.50. The van der Waals surface area contributed by atoms with Gasteiger partial charge in [-0.05, 0) is 32.9 Å². The molecule has 2 fully saturated rings. The number of hydrogen-bond acceptors (Lipinski definition) is 6. The van der Waals surface area contributed by atoms with E-state index in [4.69, 9.17) is 16.1 Å². The van der Waals surface area contributed by atoms with Gasteiger partial charge in [-0.1, -0.05) is 28.9 Å². The third-order valence-corrected chi connectivity index (χ3v) is 6.96. The van der Waals surface area contributed by atoms with Crippen LogP contribution < -0.4 is 5.32 Å². The largest absolute Gasteiger partial charge is 0.480 e. The first-order valence-corrected chi connectivity index (χ1v) is 10.1. The van der Waals surface area contributed by atoms with E-state index in [1.807, 2.05) is 0 Å². The molecular formula is C19H18ClN3O5S. The Morgan fingerprint density at radius 3 is 2.76 bits per heavy atom. The van der Waals surface area contributed by atoms with Crippen molar-refractivity contribution in [3.8, 4) is 11.3 Å². The maximum absolute atomic E-state index is 13.0. The van der Waals surface area contributed by atoms with Gasteiger partial charge in [0.25, 0.3) is 5.91 Å². The molecule has 3 heterocycles. The number of aliphatic carboxylic acids is 1. The molecular weight excluding hydrogens is 418 g/mol. The van der Waals surface area contributed by atoms with Crippen LogP contribution in [0.25, 0.3) is 11.3 Å². The van der Waals surface area contributed by atoms with E-state index >= 15 is 0 Å². The number of fused-ring (bicyclic) bond motifs is 1. The normalized spacial score (nSPS) is 24.8. The fourth-order valence-corrected chi connectivity index (χ4v) is 5.65. The SMILES string of the molecule is Cc1onc(-c2cccc(Cl)c2)c1C(=O)N[C@@H]1C(=O)N2[C@@H]1SC(C)(C)[C@@H]2C(=O)O. The number of carbonyl (C=O) groups excluding carboxylic acids is 2. The standard InChI is InChI=1S/C19H18ClN3O5S/c1-8-11(12(22-28-8)9-5-4-6-10(20)7-9)15(24)21-13-16(25)23-14(18(26)27)19(2,3)29-17(13)23/h4-7,13-14,17H,1-3H3,(H,21,24)(H,26,27)/t13-,14+,17-/m1/s1. The number of thioether (sulfide) groups is 1. The minimum absolute atomic E-state index is 0.218. The van der Waals surface area contributed by atoms with Gasteiger partial charge in [-0.25, -0.2) is 4.79 Å². The molecule has 0 aliphatic carbocycles. The molecule has 0 bridgehead atoms. The topological polar surface area (TPSA) is 113 Å². The molecule has 0 spiro atoms. The van der Waals surface area contributed by atoms with Gasteiger partial charge in [-0.2, -0.15) is 0 Å². The molecule has 152 valence electrons. The minimum atomic E-state index is -1.05. The van der Waals surface area contributed by atoms with Crippen LogP contribution >= 0.6 is 23.4 Å². The first-order chi connectivity index (χ1) is 13.6. The van der Waals surface area contributed by atoms with E-state index in [0.29, 0.717) is 22.0 Å². The van der Waals surface area contributed by atoms with Crippen molar-refractivity contribution in [1.29, 1.82) is 0 Å². The molecule has 3 atom stereocenters. The molecule has 29 heavy (non-hydrogen) atoms. The van der Waals surface area contributed by atoms with Crippen molar-refractivity contribution in [3.63, 3.8) is 0 Å². The average molecular weight is 436 g/mol. The number of hydrogen-bond donors (Lipinski definition) is 2. The summed E-state index contributed by atoms with van der Waals surface area (Å²) >= 11 is 7.40. The molecule has 4 rings (SSSR count). The van der Waals surface area contributed by atoms with Crippen molar-refractivity contribution in [2.75, 3.05) is 0 Å². The lowest BCUT2D eigenvalue weighted by molar-refractivity contribution is -0.159. The quantitative estimate of drug-likeness (QED) is 0.709. The minimum Gasteiger partial charge on any atom is -0.480 e. The van der Waals surface area contributed by atoms with Gasteiger partial charge in [0.1, 0.15) is 34.5 Å². The van der Waals surface area contributed by atoms with Crippen molar-refractivity contribution < 1.29 is 24.0 Å². The summed E-state index contributed by atoms with van der Waals surface area (Å²) in [5, 5.41) is 16.3. The van der Waals surface area contributed by atoms with E-state index in [2.05, 4.69) is 10.5 Å². The number of carboxylic acids is 1. The molecule has 2 aliphatic rings. The zero-order chi connectivity index (χ0) is 21.1. The number of benzene rings is 1. The maximum Gasteiger partial charge on any atom is 0.327 e. The summed E-state index contributed by atoms with van der Waals surface area (Å²) in [6.07, 6.45) is 0. The molecule has 2 saturated heterocycles. The van der Waals surface area contributed by atoms with Gasteiger partial charge in [0.2, 0.25) is 5.91 Å². The first kappa shape index (κ1) is 19.8. The van der Waals surface area contributed by atoms with Gasteiger partial charge >= 0.3 is 5.97 Å². The summed E-state index contributed by atoms with van der Waals surface area (Å²) in [6, 6.07) is 5.12. The van der Waals surface area contributed by atoms with Crippen LogP contribution in [0, 0.1) is 6.92 Å². The van der Waals surface area contributed by atoms with Crippen LogP contribution in [0.15, 0.2) is 28.8 Å². The number of amides is 2. The van der Waals surface area contributed by atoms with E-state index in [1.54, 1.807) is 45.0 Å². The predicted octanol–water partition coefficient (Wildman–Crippen LogP) is 2.55. The lowest BCUT2D eigenvalue weighted by atomic mass is 9.95. The molecule has 2 amide bonds. The number of carboxylic acid groups (broad SMARTS) is 1. The van der Waals surface area contributed by atoms with Gasteiger partial charge in [0, 0.05) is 15.3 Å². The van der Waals surface area contributed by atoms with Crippen LogP contribution in [-0.4, -0.2) is 55.2 Å². The molecule has 2 aliphatic heterocycles. The van der Waals surface area contributed by atoms with Crippen molar-refractivity contribution >= 4 is 41.1 Å². The maximum atomic E-state index is 13.0. The predicted molar refractivity (Wildman–Crippen MR) is 107 cm³/mol. The van der Waals surface area contributed by atoms with Crippen LogP contribution in [-0.2, 0) is 9.59 Å². The zero-order valence-corrected chi connectivity index (χ0v) is 17.4. The van der Waals surface area contributed by atoms with E-state index in [-0.39, 0.29) is 5.56 Å². The van der Waals surface area contributed by atoms with E-state index in [9.17, 15) is 19.5 Å². The summed E-state index contributed by atoms with van der Waals surface area (Å²) < 4.78 is 4.55. The summed E-state index contributed by atoms with van der Waals surface area (Å²) in [5.74, 6) is -1.66. The van der Waals surface area contributed by atoms with Crippen molar-refractivity contribution in [1.82, 2.24) is 15.4 Å². The van der Waals surface area contributed by atoms with E-state index in [0.717, 1.165) is 0 Å². The number of β-lactam (4-membered cyclic amide) rings is 1. The highest BCUT2D eigenvalue weighted by atomic mass is 35.5. The summed E-state index contributed by atoms with van der Waals surface area (Å²) in [7, 11) is 0. The second-order valence-electron chi connectivity index (χ2n) is 7.52. The third kappa shape index (κ3) is 3.08. The Labute approximate surface area is 175 Å². The van der Waals surface area contributed by atoms with Crippen LogP contribution in [0.4, 0.5) is 0 Å². The number of halogens is 1. The van der Waals surface area contributed by atoms with Gasteiger partial charge in [-0.15, -0.1) is 11.8 Å².